The molecule has 2 aromatic carbocycles. The first-order valence-electron chi connectivity index (χ1n) is 8.82. The van der Waals surface area contributed by atoms with Crippen molar-refractivity contribution >= 4 is 5.91 Å². The van der Waals surface area contributed by atoms with Gasteiger partial charge in [0.25, 0.3) is 0 Å². The Hall–Kier alpha value is -3.09. The number of carbonyl (C=O) groups excluding carboxylic acids is 1. The topological polar surface area (TPSA) is 46.9 Å². The van der Waals surface area contributed by atoms with Gasteiger partial charge in [0.1, 0.15) is 17.3 Å². The van der Waals surface area contributed by atoms with E-state index in [-0.39, 0.29) is 23.8 Å². The number of halogens is 3. The van der Waals surface area contributed by atoms with Gasteiger partial charge < -0.3 is 5.32 Å². The molecule has 0 aliphatic rings. The fraction of sp³-hybridized carbons (Fsp3) is 0.238. The molecule has 28 heavy (non-hydrogen) atoms. The molecule has 1 aromatic heterocycles. The second-order valence-corrected chi connectivity index (χ2v) is 6.64. The molecule has 0 saturated carbocycles. The summed E-state index contributed by atoms with van der Waals surface area (Å²) in [5, 5.41) is 7.06. The Morgan fingerprint density at radius 3 is 2.50 bits per heavy atom. The third-order valence-corrected chi connectivity index (χ3v) is 4.67. The van der Waals surface area contributed by atoms with Gasteiger partial charge in [0.2, 0.25) is 5.91 Å². The van der Waals surface area contributed by atoms with Gasteiger partial charge in [-0.2, -0.15) is 5.10 Å². The number of carbonyl (C=O) groups is 1. The van der Waals surface area contributed by atoms with Crippen LogP contribution in [0.15, 0.2) is 42.5 Å². The van der Waals surface area contributed by atoms with Crippen LogP contribution in [0.1, 0.15) is 35.5 Å². The lowest BCUT2D eigenvalue weighted by molar-refractivity contribution is -0.121. The van der Waals surface area contributed by atoms with E-state index in [9.17, 15) is 18.0 Å². The van der Waals surface area contributed by atoms with Crippen LogP contribution in [0.4, 0.5) is 13.2 Å². The van der Waals surface area contributed by atoms with Crippen LogP contribution in [-0.4, -0.2) is 15.7 Å². The van der Waals surface area contributed by atoms with Crippen molar-refractivity contribution < 1.29 is 18.0 Å². The van der Waals surface area contributed by atoms with Crippen molar-refractivity contribution in [1.29, 1.82) is 0 Å². The van der Waals surface area contributed by atoms with Crippen LogP contribution in [0, 0.1) is 31.3 Å². The molecule has 0 radical (unpaired) electrons. The van der Waals surface area contributed by atoms with Gasteiger partial charge in [-0.3, -0.25) is 4.79 Å². The molecule has 0 fully saturated rings. The number of nitrogens with one attached hydrogen (secondary N) is 1. The number of aromatic nitrogens is 2. The van der Waals surface area contributed by atoms with Crippen LogP contribution < -0.4 is 5.32 Å². The van der Waals surface area contributed by atoms with Crippen LogP contribution in [-0.2, 0) is 11.2 Å². The average Bonchev–Trinajstić information content (AvgIpc) is 2.90. The van der Waals surface area contributed by atoms with Crippen molar-refractivity contribution in [3.63, 3.8) is 0 Å². The van der Waals surface area contributed by atoms with E-state index in [1.807, 2.05) is 0 Å². The molecule has 146 valence electrons. The third-order valence-electron chi connectivity index (χ3n) is 4.67. The smallest absolute Gasteiger partial charge is 0.225 e. The molecule has 0 spiro atoms. The zero-order valence-electron chi connectivity index (χ0n) is 15.8. The third kappa shape index (κ3) is 3.93. The average molecular weight is 387 g/mol. The summed E-state index contributed by atoms with van der Waals surface area (Å²) in [7, 11) is 0. The van der Waals surface area contributed by atoms with Gasteiger partial charge in [-0.1, -0.05) is 18.2 Å². The van der Waals surface area contributed by atoms with Gasteiger partial charge in [0.05, 0.1) is 18.2 Å². The SMILES string of the molecule is Cc1nn(-c2ccc(F)cc2F)c(C)c1CC(=O)N[C@H](C)c1ccccc1F. The quantitative estimate of drug-likeness (QED) is 0.709. The minimum Gasteiger partial charge on any atom is -0.349 e. The summed E-state index contributed by atoms with van der Waals surface area (Å²) in [6, 6.07) is 8.98. The number of amides is 1. The van der Waals surface area contributed by atoms with Crippen LogP contribution in [0.25, 0.3) is 5.69 Å². The van der Waals surface area contributed by atoms with Crippen LogP contribution >= 0.6 is 0 Å². The Bertz CT molecular complexity index is 1030. The molecule has 0 aliphatic carbocycles. The zero-order valence-corrected chi connectivity index (χ0v) is 15.8. The maximum atomic E-state index is 14.1. The van der Waals surface area contributed by atoms with E-state index >= 15 is 0 Å². The first-order valence-corrected chi connectivity index (χ1v) is 8.82. The van der Waals surface area contributed by atoms with Gasteiger partial charge in [-0.15, -0.1) is 0 Å². The number of nitrogens with zero attached hydrogens (tertiary/aromatic N) is 2. The van der Waals surface area contributed by atoms with Gasteiger partial charge in [-0.05, 0) is 39.0 Å². The van der Waals surface area contributed by atoms with E-state index in [2.05, 4.69) is 10.4 Å². The monoisotopic (exact) mass is 387 g/mol. The molecule has 3 rings (SSSR count). The molecule has 1 amide bonds. The van der Waals surface area contributed by atoms with Gasteiger partial charge in [-0.25, -0.2) is 17.9 Å². The summed E-state index contributed by atoms with van der Waals surface area (Å²) in [5.74, 6) is -2.11. The molecule has 0 unspecified atom stereocenters. The summed E-state index contributed by atoms with van der Waals surface area (Å²) >= 11 is 0. The molecule has 1 heterocycles. The van der Waals surface area contributed by atoms with Crippen molar-refractivity contribution in [3.8, 4) is 5.69 Å². The van der Waals surface area contributed by atoms with Crippen molar-refractivity contribution in [1.82, 2.24) is 15.1 Å². The molecule has 1 atom stereocenters. The normalized spacial score (nSPS) is 12.1. The Kier molecular flexibility index (Phi) is 5.53. The highest BCUT2D eigenvalue weighted by atomic mass is 19.1. The number of hydrogen-bond donors (Lipinski definition) is 1. The number of benzene rings is 2. The van der Waals surface area contributed by atoms with E-state index in [0.29, 0.717) is 22.5 Å². The molecular formula is C21H20F3N3O. The maximum absolute atomic E-state index is 14.1. The van der Waals surface area contributed by atoms with Crippen molar-refractivity contribution in [3.05, 3.63) is 82.4 Å². The molecule has 0 aliphatic heterocycles. The highest BCUT2D eigenvalue weighted by Gasteiger charge is 2.20. The van der Waals surface area contributed by atoms with E-state index in [1.165, 1.54) is 16.8 Å². The molecule has 4 nitrogen and oxygen atoms in total. The summed E-state index contributed by atoms with van der Waals surface area (Å²) in [4.78, 5) is 12.5. The predicted octanol–water partition coefficient (Wildman–Crippen LogP) is 4.33. The Balaban J connectivity index is 1.80. The van der Waals surface area contributed by atoms with E-state index in [1.54, 1.807) is 39.0 Å². The van der Waals surface area contributed by atoms with E-state index in [0.717, 1.165) is 12.1 Å². The second-order valence-electron chi connectivity index (χ2n) is 6.64. The fourth-order valence-electron chi connectivity index (χ4n) is 3.18. The minimum atomic E-state index is -0.741. The Morgan fingerprint density at radius 1 is 1.11 bits per heavy atom. The van der Waals surface area contributed by atoms with Crippen molar-refractivity contribution in [2.24, 2.45) is 0 Å². The van der Waals surface area contributed by atoms with Gasteiger partial charge >= 0.3 is 0 Å². The molecule has 1 N–H and O–H groups in total. The Morgan fingerprint density at radius 2 is 1.82 bits per heavy atom. The summed E-state index contributed by atoms with van der Waals surface area (Å²) in [6.45, 7) is 5.13. The minimum absolute atomic E-state index is 0.0132. The maximum Gasteiger partial charge on any atom is 0.225 e. The molecule has 0 bridgehead atoms. The fourth-order valence-corrected chi connectivity index (χ4v) is 3.18. The van der Waals surface area contributed by atoms with Crippen LogP contribution in [0.5, 0.6) is 0 Å². The Labute approximate surface area is 161 Å². The predicted molar refractivity (Wildman–Crippen MR) is 99.6 cm³/mol. The van der Waals surface area contributed by atoms with Gasteiger partial charge in [0, 0.05) is 22.9 Å². The van der Waals surface area contributed by atoms with Crippen molar-refractivity contribution in [2.45, 2.75) is 33.2 Å². The number of hydrogen-bond acceptors (Lipinski definition) is 2. The van der Waals surface area contributed by atoms with Crippen LogP contribution in [0.2, 0.25) is 0 Å². The lowest BCUT2D eigenvalue weighted by Crippen LogP contribution is -2.29. The van der Waals surface area contributed by atoms with E-state index < -0.39 is 17.7 Å². The van der Waals surface area contributed by atoms with Crippen LogP contribution in [0.3, 0.4) is 0 Å². The zero-order chi connectivity index (χ0) is 20.4. The lowest BCUT2D eigenvalue weighted by Gasteiger charge is -2.15. The highest BCUT2D eigenvalue weighted by Crippen LogP contribution is 2.22. The number of aryl methyl sites for hydroxylation is 1. The van der Waals surface area contributed by atoms with E-state index in [4.69, 9.17) is 0 Å². The summed E-state index contributed by atoms with van der Waals surface area (Å²) in [6.07, 6.45) is 0.0132. The lowest BCUT2D eigenvalue weighted by atomic mass is 10.1. The highest BCUT2D eigenvalue weighted by molar-refractivity contribution is 5.79. The largest absolute Gasteiger partial charge is 0.349 e. The molecule has 7 heteroatoms. The first kappa shape index (κ1) is 19.7. The number of rotatable bonds is 5. The second kappa shape index (κ2) is 7.88. The standard InChI is InChI=1S/C21H20F3N3O/c1-12(16-6-4-5-7-18(16)23)25-21(28)11-17-13(2)26-27(14(17)3)20-9-8-15(22)10-19(20)24/h4-10,12H,11H2,1-3H3,(H,25,28)/t12-/m1/s1. The molecular weight excluding hydrogens is 367 g/mol. The first-order chi connectivity index (χ1) is 13.3. The summed E-state index contributed by atoms with van der Waals surface area (Å²) in [5.41, 5.74) is 2.29. The molecule has 0 saturated heterocycles. The van der Waals surface area contributed by atoms with Gasteiger partial charge in [0.15, 0.2) is 5.82 Å². The van der Waals surface area contributed by atoms with Crippen molar-refractivity contribution in [2.75, 3.05) is 0 Å². The molecule has 3 aromatic rings. The summed E-state index contributed by atoms with van der Waals surface area (Å²) < 4.78 is 42.5.